The quantitative estimate of drug-likeness (QED) is 0.527. The number of benzene rings is 1. The van der Waals surface area contributed by atoms with E-state index >= 15 is 0 Å². The Hall–Kier alpha value is -2.37. The maximum atomic E-state index is 13.3. The first kappa shape index (κ1) is 25.7. The van der Waals surface area contributed by atoms with Gasteiger partial charge in [-0.2, -0.15) is 0 Å². The molecule has 0 saturated heterocycles. The van der Waals surface area contributed by atoms with Gasteiger partial charge in [-0.3, -0.25) is 9.59 Å². The standard InChI is InChI=1S/C24H37NO5/c1-17(2)15-20(16-21(26)30-24(5,6)7)22(27)25(23(28)29-18(3)4)14-13-19-11-9-8-10-12-19/h8-12,17-18,20H,13-16H2,1-7H3. The molecule has 0 N–H and O–H groups in total. The molecule has 0 spiro atoms. The molecule has 1 aromatic rings. The molecule has 0 aromatic heterocycles. The van der Waals surface area contributed by atoms with Gasteiger partial charge in [0.15, 0.2) is 0 Å². The third-order valence-corrected chi connectivity index (χ3v) is 4.23. The summed E-state index contributed by atoms with van der Waals surface area (Å²) >= 11 is 0. The van der Waals surface area contributed by atoms with Crippen LogP contribution in [0.4, 0.5) is 4.79 Å². The van der Waals surface area contributed by atoms with Crippen molar-refractivity contribution < 1.29 is 23.9 Å². The van der Waals surface area contributed by atoms with Crippen molar-refractivity contribution in [3.8, 4) is 0 Å². The zero-order valence-corrected chi connectivity index (χ0v) is 19.4. The van der Waals surface area contributed by atoms with Crippen molar-refractivity contribution in [2.75, 3.05) is 6.54 Å². The van der Waals surface area contributed by atoms with Crippen molar-refractivity contribution >= 4 is 18.0 Å². The molecule has 1 rings (SSSR count). The molecule has 6 nitrogen and oxygen atoms in total. The number of amides is 2. The molecule has 0 fully saturated rings. The number of hydrogen-bond acceptors (Lipinski definition) is 5. The Morgan fingerprint density at radius 1 is 1.00 bits per heavy atom. The van der Waals surface area contributed by atoms with Gasteiger partial charge in [0.1, 0.15) is 5.60 Å². The molecule has 1 aromatic carbocycles. The topological polar surface area (TPSA) is 72.9 Å². The molecular formula is C24H37NO5. The Bertz CT molecular complexity index is 691. The number of imide groups is 1. The monoisotopic (exact) mass is 419 g/mol. The van der Waals surface area contributed by atoms with Crippen molar-refractivity contribution in [2.24, 2.45) is 11.8 Å². The fraction of sp³-hybridized carbons (Fsp3) is 0.625. The van der Waals surface area contributed by atoms with E-state index in [4.69, 9.17) is 9.47 Å². The van der Waals surface area contributed by atoms with Gasteiger partial charge in [-0.1, -0.05) is 44.2 Å². The van der Waals surface area contributed by atoms with Gasteiger partial charge < -0.3 is 9.47 Å². The number of rotatable bonds is 9. The average Bonchev–Trinajstić information content (AvgIpc) is 2.59. The number of carbonyl (C=O) groups excluding carboxylic acids is 3. The van der Waals surface area contributed by atoms with Crippen LogP contribution in [0, 0.1) is 11.8 Å². The SMILES string of the molecule is CC(C)CC(CC(=O)OC(C)(C)C)C(=O)N(CCc1ccccc1)C(=O)OC(C)C. The summed E-state index contributed by atoms with van der Waals surface area (Å²) in [6.45, 7) is 13.0. The summed E-state index contributed by atoms with van der Waals surface area (Å²) in [4.78, 5) is 39.6. The third kappa shape index (κ3) is 9.90. The lowest BCUT2D eigenvalue weighted by atomic mass is 9.92. The van der Waals surface area contributed by atoms with Crippen LogP contribution < -0.4 is 0 Å². The number of esters is 1. The van der Waals surface area contributed by atoms with Crippen molar-refractivity contribution in [3.63, 3.8) is 0 Å². The molecule has 1 atom stereocenters. The minimum absolute atomic E-state index is 0.0644. The lowest BCUT2D eigenvalue weighted by Crippen LogP contribution is -2.44. The van der Waals surface area contributed by atoms with Crippen LogP contribution in [0.2, 0.25) is 0 Å². The Balaban J connectivity index is 3.03. The molecule has 0 heterocycles. The Labute approximate surface area is 180 Å². The predicted octanol–water partition coefficient (Wildman–Crippen LogP) is 5.00. The van der Waals surface area contributed by atoms with E-state index in [1.165, 1.54) is 0 Å². The summed E-state index contributed by atoms with van der Waals surface area (Å²) in [5.74, 6) is -1.30. The van der Waals surface area contributed by atoms with E-state index in [0.29, 0.717) is 12.8 Å². The molecule has 1 unspecified atom stereocenters. The van der Waals surface area contributed by atoms with Crippen LogP contribution in [0.15, 0.2) is 30.3 Å². The summed E-state index contributed by atoms with van der Waals surface area (Å²) in [5, 5.41) is 0. The van der Waals surface area contributed by atoms with E-state index in [-0.39, 0.29) is 25.0 Å². The Morgan fingerprint density at radius 3 is 2.10 bits per heavy atom. The highest BCUT2D eigenvalue weighted by atomic mass is 16.6. The predicted molar refractivity (Wildman–Crippen MR) is 117 cm³/mol. The van der Waals surface area contributed by atoms with Crippen LogP contribution >= 0.6 is 0 Å². The molecule has 0 aliphatic heterocycles. The van der Waals surface area contributed by atoms with Crippen LogP contribution in [0.25, 0.3) is 0 Å². The van der Waals surface area contributed by atoms with Gasteiger partial charge in [0.2, 0.25) is 5.91 Å². The molecule has 0 aliphatic carbocycles. The van der Waals surface area contributed by atoms with E-state index in [1.54, 1.807) is 34.6 Å². The van der Waals surface area contributed by atoms with Crippen molar-refractivity contribution in [3.05, 3.63) is 35.9 Å². The van der Waals surface area contributed by atoms with Crippen LogP contribution in [-0.4, -0.2) is 41.1 Å². The highest BCUT2D eigenvalue weighted by molar-refractivity contribution is 5.95. The van der Waals surface area contributed by atoms with Crippen molar-refractivity contribution in [1.82, 2.24) is 4.90 Å². The molecule has 0 bridgehead atoms. The van der Waals surface area contributed by atoms with Crippen LogP contribution in [0.3, 0.4) is 0 Å². The first-order valence-corrected chi connectivity index (χ1v) is 10.7. The minimum Gasteiger partial charge on any atom is -0.460 e. The van der Waals surface area contributed by atoms with Gasteiger partial charge in [-0.25, -0.2) is 9.69 Å². The van der Waals surface area contributed by atoms with Crippen LogP contribution in [-0.2, 0) is 25.5 Å². The largest absolute Gasteiger partial charge is 0.460 e. The summed E-state index contributed by atoms with van der Waals surface area (Å²) in [7, 11) is 0. The van der Waals surface area contributed by atoms with E-state index in [1.807, 2.05) is 44.2 Å². The first-order chi connectivity index (χ1) is 13.9. The lowest BCUT2D eigenvalue weighted by Gasteiger charge is -2.28. The second-order valence-electron chi connectivity index (χ2n) is 9.28. The summed E-state index contributed by atoms with van der Waals surface area (Å²) in [6.07, 6.45) is -0.0941. The fourth-order valence-electron chi connectivity index (χ4n) is 3.09. The van der Waals surface area contributed by atoms with Crippen molar-refractivity contribution in [2.45, 2.75) is 79.4 Å². The smallest absolute Gasteiger partial charge is 0.416 e. The third-order valence-electron chi connectivity index (χ3n) is 4.23. The van der Waals surface area contributed by atoms with Crippen LogP contribution in [0.5, 0.6) is 0 Å². The molecule has 0 aliphatic rings. The first-order valence-electron chi connectivity index (χ1n) is 10.7. The molecule has 0 radical (unpaired) electrons. The molecular weight excluding hydrogens is 382 g/mol. The van der Waals surface area contributed by atoms with Gasteiger partial charge in [-0.05, 0) is 58.9 Å². The highest BCUT2D eigenvalue weighted by Gasteiger charge is 2.33. The molecule has 30 heavy (non-hydrogen) atoms. The molecule has 168 valence electrons. The van der Waals surface area contributed by atoms with E-state index in [9.17, 15) is 14.4 Å². The number of hydrogen-bond donors (Lipinski definition) is 0. The maximum Gasteiger partial charge on any atom is 0.416 e. The van der Waals surface area contributed by atoms with Gasteiger partial charge in [-0.15, -0.1) is 0 Å². The van der Waals surface area contributed by atoms with Crippen LogP contribution in [0.1, 0.15) is 66.9 Å². The Morgan fingerprint density at radius 2 is 1.60 bits per heavy atom. The molecule has 6 heteroatoms. The zero-order valence-electron chi connectivity index (χ0n) is 19.4. The van der Waals surface area contributed by atoms with Gasteiger partial charge in [0, 0.05) is 12.5 Å². The van der Waals surface area contributed by atoms with Crippen molar-refractivity contribution in [1.29, 1.82) is 0 Å². The highest BCUT2D eigenvalue weighted by Crippen LogP contribution is 2.22. The van der Waals surface area contributed by atoms with E-state index < -0.39 is 29.5 Å². The zero-order chi connectivity index (χ0) is 22.9. The number of nitrogens with zero attached hydrogens (tertiary/aromatic N) is 1. The second-order valence-corrected chi connectivity index (χ2v) is 9.28. The number of ether oxygens (including phenoxy) is 2. The van der Waals surface area contributed by atoms with E-state index in [2.05, 4.69) is 0 Å². The summed E-state index contributed by atoms with van der Waals surface area (Å²) < 4.78 is 10.7. The number of carbonyl (C=O) groups is 3. The fourth-order valence-corrected chi connectivity index (χ4v) is 3.09. The maximum absolute atomic E-state index is 13.3. The second kappa shape index (κ2) is 11.7. The van der Waals surface area contributed by atoms with Gasteiger partial charge in [0.05, 0.1) is 12.5 Å². The van der Waals surface area contributed by atoms with Gasteiger partial charge in [0.25, 0.3) is 0 Å². The van der Waals surface area contributed by atoms with Gasteiger partial charge >= 0.3 is 12.1 Å². The average molecular weight is 420 g/mol. The summed E-state index contributed by atoms with van der Waals surface area (Å²) in [6, 6.07) is 9.64. The lowest BCUT2D eigenvalue weighted by molar-refractivity contribution is -0.158. The normalized spacial score (nSPS) is 12.6. The minimum atomic E-state index is -0.677. The van der Waals surface area contributed by atoms with E-state index in [0.717, 1.165) is 10.5 Å². The molecule has 2 amide bonds. The Kier molecular flexibility index (Phi) is 10.0. The molecule has 0 saturated carbocycles. The summed E-state index contributed by atoms with van der Waals surface area (Å²) in [5.41, 5.74) is 0.381.